The number of phosphoric ester groups is 1. The topological polar surface area (TPSA) is 55.8 Å². The lowest BCUT2D eigenvalue weighted by atomic mass is 9.61. The Kier molecular flexibility index (Phi) is 6.77. The first-order valence-electron chi connectivity index (χ1n) is 21.0. The molecule has 0 bridgehead atoms. The molecule has 5 heteroatoms. The number of hydrogen-bond donors (Lipinski definition) is 1. The predicted octanol–water partition coefficient (Wildman–Crippen LogP) is 14.2. The minimum Gasteiger partial charge on any atom is -0.394 e. The first-order chi connectivity index (χ1) is 28.0. The molecule has 1 N–H and O–H groups in total. The van der Waals surface area contributed by atoms with Crippen LogP contribution in [0.25, 0.3) is 75.8 Å². The van der Waals surface area contributed by atoms with E-state index in [2.05, 4.69) is 121 Å². The van der Waals surface area contributed by atoms with Gasteiger partial charge in [-0.25, -0.2) is 4.57 Å². The third kappa shape index (κ3) is 4.63. The van der Waals surface area contributed by atoms with Gasteiger partial charge in [-0.2, -0.15) is 0 Å². The van der Waals surface area contributed by atoms with Crippen molar-refractivity contribution in [2.45, 2.75) is 51.4 Å². The van der Waals surface area contributed by atoms with Crippen molar-refractivity contribution in [2.24, 2.45) is 23.7 Å². The molecule has 0 aromatic heterocycles. The molecule has 2 saturated carbocycles. The minimum atomic E-state index is -4.65. The summed E-state index contributed by atoms with van der Waals surface area (Å²) >= 11 is 0. The number of rotatable bonds is 2. The van der Waals surface area contributed by atoms with Gasteiger partial charge in [0.1, 0.15) is 11.5 Å². The van der Waals surface area contributed by atoms with Crippen molar-refractivity contribution in [3.05, 3.63) is 155 Å². The molecule has 4 nitrogen and oxygen atoms in total. The fraction of sp³-hybridized carbons (Fsp3) is 0.231. The van der Waals surface area contributed by atoms with E-state index in [-0.39, 0.29) is 11.8 Å². The lowest BCUT2D eigenvalue weighted by molar-refractivity contribution is 0.225. The summed E-state index contributed by atoms with van der Waals surface area (Å²) < 4.78 is 27.9. The van der Waals surface area contributed by atoms with Crippen LogP contribution in [0.5, 0.6) is 0 Å². The Morgan fingerprint density at radius 3 is 1.26 bits per heavy atom. The smallest absolute Gasteiger partial charge is 0.394 e. The zero-order chi connectivity index (χ0) is 37.6. The average Bonchev–Trinajstić information content (AvgIpc) is 3.37. The van der Waals surface area contributed by atoms with Crippen molar-refractivity contribution in [3.8, 4) is 0 Å². The summed E-state index contributed by atoms with van der Waals surface area (Å²) in [6.45, 7) is 0. The molecule has 4 atom stereocenters. The van der Waals surface area contributed by atoms with Crippen LogP contribution in [0.4, 0.5) is 0 Å². The van der Waals surface area contributed by atoms with Gasteiger partial charge in [0.25, 0.3) is 0 Å². The van der Waals surface area contributed by atoms with Crippen molar-refractivity contribution >= 4 is 83.6 Å². The van der Waals surface area contributed by atoms with Gasteiger partial charge in [-0.1, -0.05) is 147 Å². The highest BCUT2D eigenvalue weighted by Crippen LogP contribution is 2.64. The average molecular weight is 761 g/mol. The lowest BCUT2D eigenvalue weighted by Gasteiger charge is -2.42. The monoisotopic (exact) mass is 760 g/mol. The van der Waals surface area contributed by atoms with Crippen LogP contribution in [-0.2, 0) is 13.6 Å². The largest absolute Gasteiger partial charge is 0.584 e. The van der Waals surface area contributed by atoms with Gasteiger partial charge in [0.15, 0.2) is 0 Å². The van der Waals surface area contributed by atoms with Crippen LogP contribution >= 0.6 is 7.82 Å². The van der Waals surface area contributed by atoms with Gasteiger partial charge >= 0.3 is 7.82 Å². The number of allylic oxidation sites excluding steroid dienone is 6. The van der Waals surface area contributed by atoms with Gasteiger partial charge in [0, 0.05) is 22.3 Å². The van der Waals surface area contributed by atoms with Crippen molar-refractivity contribution in [3.63, 3.8) is 0 Å². The van der Waals surface area contributed by atoms with Crippen LogP contribution < -0.4 is 0 Å². The van der Waals surface area contributed by atoms with Crippen molar-refractivity contribution in [1.82, 2.24) is 0 Å². The first kappa shape index (κ1) is 32.7. The van der Waals surface area contributed by atoms with E-state index in [1.807, 2.05) is 0 Å². The third-order valence-corrected chi connectivity index (χ3v) is 15.3. The number of hydrogen-bond acceptors (Lipinski definition) is 3. The molecule has 57 heavy (non-hydrogen) atoms. The van der Waals surface area contributed by atoms with E-state index in [0.29, 0.717) is 23.4 Å². The quantitative estimate of drug-likeness (QED) is 0.141. The molecule has 8 aromatic rings. The first-order valence-corrected chi connectivity index (χ1v) is 22.5. The van der Waals surface area contributed by atoms with E-state index in [0.717, 1.165) is 82.7 Å². The summed E-state index contributed by atoms with van der Waals surface area (Å²) in [4.78, 5) is 12.0. The highest BCUT2D eigenvalue weighted by atomic mass is 31.2. The molecule has 278 valence electrons. The highest BCUT2D eigenvalue weighted by Gasteiger charge is 2.49. The van der Waals surface area contributed by atoms with Crippen LogP contribution in [0.2, 0.25) is 0 Å². The molecule has 4 unspecified atom stereocenters. The van der Waals surface area contributed by atoms with Crippen LogP contribution in [0.3, 0.4) is 0 Å². The van der Waals surface area contributed by atoms with E-state index in [1.165, 1.54) is 66.7 Å². The van der Waals surface area contributed by atoms with Crippen molar-refractivity contribution < 1.29 is 18.5 Å². The van der Waals surface area contributed by atoms with E-state index in [4.69, 9.17) is 9.05 Å². The molecule has 8 aromatic carbocycles. The summed E-state index contributed by atoms with van der Waals surface area (Å²) in [5, 5.41) is 14.6. The summed E-state index contributed by atoms with van der Waals surface area (Å²) in [6, 6.07) is 39.7. The van der Waals surface area contributed by atoms with Crippen molar-refractivity contribution in [2.75, 3.05) is 0 Å². The molecule has 1 aliphatic heterocycles. The molecule has 4 aliphatic carbocycles. The zero-order valence-electron chi connectivity index (χ0n) is 31.6. The van der Waals surface area contributed by atoms with Gasteiger partial charge < -0.3 is 9.05 Å². The van der Waals surface area contributed by atoms with Crippen molar-refractivity contribution in [1.29, 1.82) is 0 Å². The van der Waals surface area contributed by atoms with E-state index >= 15 is 0 Å². The molecular formula is C52H41O4P. The van der Waals surface area contributed by atoms with Gasteiger partial charge in [0.2, 0.25) is 0 Å². The SMILES string of the molecule is O=P1(O)OC2=C(C3=C(O1)C(c1ccc4ccc5cccc6ccc1c4c56)=CC1CCCCC31)C1CCCCC1C=C2c1ccc2ccc3cccc4ccc1c2c34. The fourth-order valence-corrected chi connectivity index (χ4v) is 13.0. The summed E-state index contributed by atoms with van der Waals surface area (Å²) in [7, 11) is -4.65. The van der Waals surface area contributed by atoms with Crippen LogP contribution in [0.15, 0.2) is 144 Å². The second kappa shape index (κ2) is 11.8. The third-order valence-electron chi connectivity index (χ3n) is 14.5. The second-order valence-corrected chi connectivity index (χ2v) is 18.6. The van der Waals surface area contributed by atoms with Gasteiger partial charge in [-0.3, -0.25) is 4.89 Å². The maximum absolute atomic E-state index is 14.7. The molecule has 0 amide bonds. The Hall–Kier alpha value is -5.41. The summed E-state index contributed by atoms with van der Waals surface area (Å²) in [5.74, 6) is 2.09. The molecule has 0 radical (unpaired) electrons. The predicted molar refractivity (Wildman–Crippen MR) is 233 cm³/mol. The lowest BCUT2D eigenvalue weighted by Crippen LogP contribution is -2.32. The van der Waals surface area contributed by atoms with Gasteiger partial charge in [0.05, 0.1) is 0 Å². The Morgan fingerprint density at radius 1 is 0.456 bits per heavy atom. The Morgan fingerprint density at radius 2 is 0.825 bits per heavy atom. The number of fused-ring (bicyclic) bond motifs is 5. The maximum atomic E-state index is 14.7. The maximum Gasteiger partial charge on any atom is 0.584 e. The standard InChI is InChI=1S/C52H41O4P/c53-57(54)55-51-43(39-23-19-33-17-15-29-9-5-11-31-21-25-41(39)47(33)45(29)31)27-35-7-1-3-13-37(35)49(51)50-38-14-4-2-8-36(38)28-44(52(50)56-57)40-24-20-34-18-16-30-10-6-12-32-22-26-42(40)48(34)46(30)32/h5-6,9-12,15-28,35-38H,1-4,7-8,13-14H2,(H,53,54). The second-order valence-electron chi connectivity index (χ2n) is 17.3. The minimum absolute atomic E-state index is 0.187. The molecule has 13 rings (SSSR count). The zero-order valence-corrected chi connectivity index (χ0v) is 32.5. The summed E-state index contributed by atoms with van der Waals surface area (Å²) in [5.41, 5.74) is 6.24. The van der Waals surface area contributed by atoms with E-state index < -0.39 is 7.82 Å². The molecule has 0 saturated heterocycles. The molecular weight excluding hydrogens is 720 g/mol. The molecule has 5 aliphatic rings. The van der Waals surface area contributed by atoms with E-state index in [1.54, 1.807) is 0 Å². The Bertz CT molecular complexity index is 2970. The number of phosphoric acid groups is 1. The normalized spacial score (nSPS) is 26.3. The van der Waals surface area contributed by atoms with Gasteiger partial charge in [-0.15, -0.1) is 0 Å². The van der Waals surface area contributed by atoms with Gasteiger partial charge in [-0.05, 0) is 125 Å². The Labute approximate surface area is 331 Å². The van der Waals surface area contributed by atoms with E-state index in [9.17, 15) is 9.46 Å². The molecule has 0 spiro atoms. The highest BCUT2D eigenvalue weighted by molar-refractivity contribution is 7.47. The molecule has 1 heterocycles. The molecule has 2 fully saturated rings. The van der Waals surface area contributed by atoms with Crippen LogP contribution in [-0.4, -0.2) is 4.89 Å². The fourth-order valence-electron chi connectivity index (χ4n) is 12.1. The van der Waals surface area contributed by atoms with Crippen LogP contribution in [0.1, 0.15) is 62.5 Å². The summed E-state index contributed by atoms with van der Waals surface area (Å²) in [6.07, 6.45) is 13.6. The number of benzene rings is 8. The Balaban J connectivity index is 1.10. The van der Waals surface area contributed by atoms with Crippen LogP contribution in [0, 0.1) is 23.7 Å².